The van der Waals surface area contributed by atoms with Gasteiger partial charge in [-0.2, -0.15) is 0 Å². The van der Waals surface area contributed by atoms with Crippen LogP contribution in [0.3, 0.4) is 0 Å². The van der Waals surface area contributed by atoms with Crippen LogP contribution in [0.5, 0.6) is 0 Å². The fourth-order valence-corrected chi connectivity index (χ4v) is 4.83. The smallest absolute Gasteiger partial charge is 0.259 e. The Balaban J connectivity index is 1.63. The quantitative estimate of drug-likeness (QED) is 0.928. The third-order valence-corrected chi connectivity index (χ3v) is 6.06. The fourth-order valence-electron chi connectivity index (χ4n) is 3.55. The van der Waals surface area contributed by atoms with Crippen molar-refractivity contribution in [3.05, 3.63) is 26.6 Å². The highest BCUT2D eigenvalue weighted by molar-refractivity contribution is 7.18. The summed E-state index contributed by atoms with van der Waals surface area (Å²) in [6, 6.07) is 0. The number of hydrogen-bond acceptors (Lipinski definition) is 4. The Bertz CT molecular complexity index is 725. The zero-order valence-corrected chi connectivity index (χ0v) is 13.3. The lowest BCUT2D eigenvalue weighted by Crippen LogP contribution is -2.33. The van der Waals surface area contributed by atoms with Gasteiger partial charge in [0.05, 0.1) is 11.9 Å². The summed E-state index contributed by atoms with van der Waals surface area (Å²) in [4.78, 5) is 24.9. The number of hydrogen-bond donors (Lipinski definition) is 1. The van der Waals surface area contributed by atoms with Gasteiger partial charge in [0.25, 0.3) is 5.56 Å². The molecule has 0 atom stereocenters. The van der Waals surface area contributed by atoms with Crippen molar-refractivity contribution >= 4 is 21.6 Å². The predicted molar refractivity (Wildman–Crippen MR) is 85.9 cm³/mol. The molecule has 1 aliphatic carbocycles. The molecule has 4 nitrogen and oxygen atoms in total. The van der Waals surface area contributed by atoms with E-state index in [1.54, 1.807) is 11.3 Å². The van der Waals surface area contributed by atoms with Crippen molar-refractivity contribution in [2.75, 3.05) is 13.1 Å². The summed E-state index contributed by atoms with van der Waals surface area (Å²) in [5, 5.41) is 0.864. The van der Waals surface area contributed by atoms with Gasteiger partial charge in [-0.15, -0.1) is 11.3 Å². The molecule has 2 aromatic rings. The molecule has 0 radical (unpaired) electrons. The van der Waals surface area contributed by atoms with E-state index in [-0.39, 0.29) is 5.56 Å². The first kappa shape index (κ1) is 13.5. The molecule has 4 rings (SSSR count). The zero-order chi connectivity index (χ0) is 14.4. The Hall–Kier alpha value is -1.20. The Kier molecular flexibility index (Phi) is 3.34. The van der Waals surface area contributed by atoms with Gasteiger partial charge in [-0.05, 0) is 56.7 Å². The van der Waals surface area contributed by atoms with Gasteiger partial charge in [0, 0.05) is 4.88 Å². The lowest BCUT2D eigenvalue weighted by molar-refractivity contribution is 0.181. The molecule has 2 aliphatic rings. The molecule has 1 saturated heterocycles. The van der Waals surface area contributed by atoms with Crippen LogP contribution in [0.2, 0.25) is 0 Å². The van der Waals surface area contributed by atoms with Gasteiger partial charge < -0.3 is 4.98 Å². The lowest BCUT2D eigenvalue weighted by atomic mass is 9.99. The minimum atomic E-state index is 0.0692. The number of nitrogens with zero attached hydrogens (tertiary/aromatic N) is 2. The Morgan fingerprint density at radius 1 is 1.33 bits per heavy atom. The van der Waals surface area contributed by atoms with Crippen molar-refractivity contribution < 1.29 is 0 Å². The molecule has 1 aliphatic heterocycles. The van der Waals surface area contributed by atoms with E-state index in [0.717, 1.165) is 54.4 Å². The summed E-state index contributed by atoms with van der Waals surface area (Å²) in [5.74, 6) is 1.66. The number of thiophene rings is 1. The van der Waals surface area contributed by atoms with E-state index in [1.165, 1.54) is 29.7 Å². The summed E-state index contributed by atoms with van der Waals surface area (Å²) < 4.78 is 0. The van der Waals surface area contributed by atoms with E-state index < -0.39 is 0 Å². The number of piperidine rings is 1. The van der Waals surface area contributed by atoms with Crippen LogP contribution in [0.15, 0.2) is 4.79 Å². The summed E-state index contributed by atoms with van der Waals surface area (Å²) >= 11 is 1.73. The van der Waals surface area contributed by atoms with Crippen molar-refractivity contribution in [3.63, 3.8) is 0 Å². The van der Waals surface area contributed by atoms with E-state index in [0.29, 0.717) is 0 Å². The summed E-state index contributed by atoms with van der Waals surface area (Å²) in [5.41, 5.74) is 1.34. The van der Waals surface area contributed by atoms with Gasteiger partial charge in [-0.3, -0.25) is 9.69 Å². The van der Waals surface area contributed by atoms with Crippen LogP contribution < -0.4 is 5.56 Å². The Labute approximate surface area is 128 Å². The molecule has 0 bridgehead atoms. The van der Waals surface area contributed by atoms with Crippen molar-refractivity contribution in [2.45, 2.75) is 45.6 Å². The van der Waals surface area contributed by atoms with Crippen LogP contribution in [0.4, 0.5) is 0 Å². The SMILES string of the molecule is CC1CCN(Cc2nc3sc4c(c3c(=O)[nH]2)CCC4)CC1. The van der Waals surface area contributed by atoms with Crippen LogP contribution >= 0.6 is 11.3 Å². The lowest BCUT2D eigenvalue weighted by Gasteiger charge is -2.29. The first-order chi connectivity index (χ1) is 10.2. The summed E-state index contributed by atoms with van der Waals surface area (Å²) in [6.07, 6.45) is 5.85. The highest BCUT2D eigenvalue weighted by atomic mass is 32.1. The highest BCUT2D eigenvalue weighted by Crippen LogP contribution is 2.34. The van der Waals surface area contributed by atoms with Crippen LogP contribution in [0.25, 0.3) is 10.2 Å². The van der Waals surface area contributed by atoms with Crippen LogP contribution in [0.1, 0.15) is 42.5 Å². The number of aryl methyl sites for hydroxylation is 2. The molecule has 0 unspecified atom stereocenters. The van der Waals surface area contributed by atoms with Gasteiger partial charge >= 0.3 is 0 Å². The predicted octanol–water partition coefficient (Wildman–Crippen LogP) is 2.71. The first-order valence-electron chi connectivity index (χ1n) is 7.96. The molecule has 5 heteroatoms. The average Bonchev–Trinajstić information content (AvgIpc) is 3.01. The van der Waals surface area contributed by atoms with Crippen molar-refractivity contribution in [1.82, 2.24) is 14.9 Å². The molecule has 3 heterocycles. The third kappa shape index (κ3) is 2.42. The molecule has 1 fully saturated rings. The Morgan fingerprint density at radius 3 is 2.95 bits per heavy atom. The maximum atomic E-state index is 12.4. The molecule has 0 spiro atoms. The average molecular weight is 303 g/mol. The topological polar surface area (TPSA) is 49.0 Å². The molecular weight excluding hydrogens is 282 g/mol. The van der Waals surface area contributed by atoms with Crippen LogP contribution in [-0.2, 0) is 19.4 Å². The second-order valence-electron chi connectivity index (χ2n) is 6.51. The van der Waals surface area contributed by atoms with E-state index >= 15 is 0 Å². The largest absolute Gasteiger partial charge is 0.309 e. The second-order valence-corrected chi connectivity index (χ2v) is 7.59. The Morgan fingerprint density at radius 2 is 2.14 bits per heavy atom. The summed E-state index contributed by atoms with van der Waals surface area (Å²) in [6.45, 7) is 5.32. The molecule has 0 amide bonds. The van der Waals surface area contributed by atoms with Gasteiger partial charge in [0.2, 0.25) is 0 Å². The van der Waals surface area contributed by atoms with Crippen LogP contribution in [0, 0.1) is 5.92 Å². The standard InChI is InChI=1S/C16H21N3OS/c1-10-5-7-19(8-6-10)9-13-17-15(20)14-11-3-2-4-12(11)21-16(14)18-13/h10H,2-9H2,1H3,(H,17,18,20). The van der Waals surface area contributed by atoms with E-state index in [9.17, 15) is 4.79 Å². The van der Waals surface area contributed by atoms with Crippen LogP contribution in [-0.4, -0.2) is 28.0 Å². The van der Waals surface area contributed by atoms with Crippen molar-refractivity contribution in [2.24, 2.45) is 5.92 Å². The monoisotopic (exact) mass is 303 g/mol. The molecule has 21 heavy (non-hydrogen) atoms. The molecule has 2 aromatic heterocycles. The molecule has 1 N–H and O–H groups in total. The number of rotatable bonds is 2. The number of aromatic amines is 1. The van der Waals surface area contributed by atoms with Crippen molar-refractivity contribution in [3.8, 4) is 0 Å². The third-order valence-electron chi connectivity index (χ3n) is 4.87. The maximum Gasteiger partial charge on any atom is 0.259 e. The van der Waals surface area contributed by atoms with Gasteiger partial charge in [-0.1, -0.05) is 6.92 Å². The number of likely N-dealkylation sites (tertiary alicyclic amines) is 1. The number of aromatic nitrogens is 2. The van der Waals surface area contributed by atoms with E-state index in [4.69, 9.17) is 4.98 Å². The highest BCUT2D eigenvalue weighted by Gasteiger charge is 2.22. The van der Waals surface area contributed by atoms with Crippen molar-refractivity contribution in [1.29, 1.82) is 0 Å². The molecular formula is C16H21N3OS. The minimum Gasteiger partial charge on any atom is -0.309 e. The molecule has 0 aromatic carbocycles. The maximum absolute atomic E-state index is 12.4. The van der Waals surface area contributed by atoms with E-state index in [2.05, 4.69) is 16.8 Å². The minimum absolute atomic E-state index is 0.0692. The molecule has 0 saturated carbocycles. The fraction of sp³-hybridized carbons (Fsp3) is 0.625. The first-order valence-corrected chi connectivity index (χ1v) is 8.78. The van der Waals surface area contributed by atoms with Gasteiger partial charge in [-0.25, -0.2) is 4.98 Å². The summed E-state index contributed by atoms with van der Waals surface area (Å²) in [7, 11) is 0. The van der Waals surface area contributed by atoms with E-state index in [1.807, 2.05) is 0 Å². The number of H-pyrrole nitrogens is 1. The molecule has 112 valence electrons. The zero-order valence-electron chi connectivity index (χ0n) is 12.4. The van der Waals surface area contributed by atoms with Gasteiger partial charge in [0.15, 0.2) is 0 Å². The van der Waals surface area contributed by atoms with Gasteiger partial charge in [0.1, 0.15) is 10.7 Å². The number of fused-ring (bicyclic) bond motifs is 3. The second kappa shape index (κ2) is 5.21. The number of nitrogens with one attached hydrogen (secondary N) is 1. The normalized spacial score (nSPS) is 20.2.